The summed E-state index contributed by atoms with van der Waals surface area (Å²) in [5.74, 6) is 0. The first kappa shape index (κ1) is 35.2. The number of rotatable bonds is 8. The molecule has 0 aliphatic carbocycles. The van der Waals surface area contributed by atoms with Gasteiger partial charge in [-0.25, -0.2) is 0 Å². The molecule has 282 valence electrons. The lowest BCUT2D eigenvalue weighted by Crippen LogP contribution is -2.11. The fraction of sp³-hybridized carbons (Fsp3) is 0. The molecule has 0 saturated carbocycles. The highest BCUT2D eigenvalue weighted by Crippen LogP contribution is 2.45. The van der Waals surface area contributed by atoms with Crippen molar-refractivity contribution in [3.63, 3.8) is 0 Å². The summed E-state index contributed by atoms with van der Waals surface area (Å²) in [5, 5.41) is 4.87. The summed E-state index contributed by atoms with van der Waals surface area (Å²) >= 11 is 0. The van der Waals surface area contributed by atoms with Gasteiger partial charge >= 0.3 is 0 Å². The van der Waals surface area contributed by atoms with Crippen LogP contribution in [0.1, 0.15) is 0 Å². The van der Waals surface area contributed by atoms with Gasteiger partial charge in [-0.3, -0.25) is 0 Å². The Labute approximate surface area is 350 Å². The van der Waals surface area contributed by atoms with Crippen molar-refractivity contribution < 1.29 is 0 Å². The molecule has 10 aromatic carbocycles. The van der Waals surface area contributed by atoms with E-state index in [1.165, 1.54) is 60.4 Å². The van der Waals surface area contributed by atoms with Crippen LogP contribution in [0.25, 0.3) is 82.8 Å². The molecule has 2 heteroatoms. The van der Waals surface area contributed by atoms with E-state index in [-0.39, 0.29) is 0 Å². The van der Waals surface area contributed by atoms with Crippen LogP contribution in [0.3, 0.4) is 0 Å². The number of aromatic nitrogens is 1. The average molecular weight is 765 g/mol. The standard InChI is InChI=1S/C58H40N2/c1-4-17-41(18-5-1)43-31-33-49(34-32-43)59(55-29-14-12-27-51(55)48-26-16-25-45(37-48)42-19-6-2-7-20-42)50-35-36-53-52-28-13-15-30-56(52)60(58(53)40-50)57-39-47-24-11-10-23-46(47)38-54(57)44-21-8-3-9-22-44/h1-40H. The van der Waals surface area contributed by atoms with Gasteiger partial charge in [-0.2, -0.15) is 0 Å². The van der Waals surface area contributed by atoms with Gasteiger partial charge in [0.1, 0.15) is 0 Å². The minimum Gasteiger partial charge on any atom is -0.310 e. The van der Waals surface area contributed by atoms with E-state index < -0.39 is 0 Å². The van der Waals surface area contributed by atoms with Crippen molar-refractivity contribution in [2.45, 2.75) is 0 Å². The Morgan fingerprint density at radius 1 is 0.283 bits per heavy atom. The van der Waals surface area contributed by atoms with Gasteiger partial charge in [0.2, 0.25) is 0 Å². The molecule has 0 atom stereocenters. The minimum atomic E-state index is 1.08. The molecule has 0 unspecified atom stereocenters. The fourth-order valence-electron chi connectivity index (χ4n) is 8.89. The molecule has 11 aromatic rings. The van der Waals surface area contributed by atoms with Crippen molar-refractivity contribution in [3.8, 4) is 50.2 Å². The van der Waals surface area contributed by atoms with Crippen molar-refractivity contribution in [2.75, 3.05) is 4.90 Å². The van der Waals surface area contributed by atoms with Crippen LogP contribution in [0.4, 0.5) is 17.1 Å². The lowest BCUT2D eigenvalue weighted by atomic mass is 9.97. The summed E-state index contributed by atoms with van der Waals surface area (Å²) < 4.78 is 2.48. The molecule has 1 heterocycles. The lowest BCUT2D eigenvalue weighted by molar-refractivity contribution is 1.18. The van der Waals surface area contributed by atoms with E-state index in [1.807, 2.05) is 0 Å². The summed E-state index contributed by atoms with van der Waals surface area (Å²) in [6, 6.07) is 88.0. The van der Waals surface area contributed by atoms with Crippen molar-refractivity contribution in [1.29, 1.82) is 0 Å². The predicted molar refractivity (Wildman–Crippen MR) is 255 cm³/mol. The molecule has 0 amide bonds. The van der Waals surface area contributed by atoms with Gasteiger partial charge in [-0.05, 0) is 98.8 Å². The third-order valence-corrected chi connectivity index (χ3v) is 11.8. The topological polar surface area (TPSA) is 8.17 Å². The summed E-state index contributed by atoms with van der Waals surface area (Å²) in [4.78, 5) is 2.43. The van der Waals surface area contributed by atoms with Crippen LogP contribution in [-0.2, 0) is 0 Å². The second-order valence-electron chi connectivity index (χ2n) is 15.3. The zero-order chi connectivity index (χ0) is 39.8. The Balaban J connectivity index is 1.16. The van der Waals surface area contributed by atoms with Crippen LogP contribution in [0.2, 0.25) is 0 Å². The number of nitrogens with zero attached hydrogens (tertiary/aromatic N) is 2. The minimum absolute atomic E-state index is 1.08. The second kappa shape index (κ2) is 15.1. The van der Waals surface area contributed by atoms with Crippen LogP contribution in [0, 0.1) is 0 Å². The summed E-state index contributed by atoms with van der Waals surface area (Å²) in [6.45, 7) is 0. The lowest BCUT2D eigenvalue weighted by Gasteiger charge is -2.28. The van der Waals surface area contributed by atoms with Gasteiger partial charge in [0, 0.05) is 33.3 Å². The van der Waals surface area contributed by atoms with Crippen LogP contribution < -0.4 is 4.90 Å². The molecule has 11 rings (SSSR count). The summed E-state index contributed by atoms with van der Waals surface area (Å²) in [5.41, 5.74) is 16.2. The van der Waals surface area contributed by atoms with Crippen LogP contribution in [-0.4, -0.2) is 4.57 Å². The van der Waals surface area contributed by atoms with Crippen LogP contribution >= 0.6 is 0 Å². The molecule has 0 radical (unpaired) electrons. The maximum atomic E-state index is 2.48. The quantitative estimate of drug-likeness (QED) is 0.150. The average Bonchev–Trinajstić information content (AvgIpc) is 3.66. The van der Waals surface area contributed by atoms with E-state index in [4.69, 9.17) is 0 Å². The summed E-state index contributed by atoms with van der Waals surface area (Å²) in [6.07, 6.45) is 0. The third kappa shape index (κ3) is 6.32. The highest BCUT2D eigenvalue weighted by Gasteiger charge is 2.22. The second-order valence-corrected chi connectivity index (χ2v) is 15.3. The Bertz CT molecular complexity index is 3290. The van der Waals surface area contributed by atoms with E-state index in [9.17, 15) is 0 Å². The van der Waals surface area contributed by atoms with E-state index in [1.54, 1.807) is 0 Å². The van der Waals surface area contributed by atoms with Crippen LogP contribution in [0.5, 0.6) is 0 Å². The SMILES string of the molecule is c1ccc(-c2ccc(N(c3ccc4c5ccccc5n(-c5cc6ccccc6cc5-c5ccccc5)c4c3)c3ccccc3-c3cccc(-c4ccccc4)c3)cc2)cc1. The molecular weight excluding hydrogens is 725 g/mol. The first-order valence-electron chi connectivity index (χ1n) is 20.6. The van der Waals surface area contributed by atoms with Gasteiger partial charge in [0.25, 0.3) is 0 Å². The number of fused-ring (bicyclic) bond motifs is 4. The molecular formula is C58H40N2. The molecule has 0 N–H and O–H groups in total. The van der Waals surface area contributed by atoms with Crippen molar-refractivity contribution in [1.82, 2.24) is 4.57 Å². The molecule has 0 fully saturated rings. The number of hydrogen-bond donors (Lipinski definition) is 0. The Hall–Kier alpha value is -7.94. The number of benzene rings is 10. The molecule has 2 nitrogen and oxygen atoms in total. The van der Waals surface area contributed by atoms with E-state index >= 15 is 0 Å². The zero-order valence-electron chi connectivity index (χ0n) is 33.0. The normalized spacial score (nSPS) is 11.3. The summed E-state index contributed by atoms with van der Waals surface area (Å²) in [7, 11) is 0. The number of hydrogen-bond acceptors (Lipinski definition) is 1. The molecule has 0 bridgehead atoms. The predicted octanol–water partition coefficient (Wildman–Crippen LogP) is 16.1. The monoisotopic (exact) mass is 764 g/mol. The Kier molecular flexibility index (Phi) is 8.87. The Morgan fingerprint density at radius 3 is 1.57 bits per heavy atom. The van der Waals surface area contributed by atoms with Gasteiger partial charge < -0.3 is 9.47 Å². The van der Waals surface area contributed by atoms with Gasteiger partial charge in [0.05, 0.1) is 22.4 Å². The highest BCUT2D eigenvalue weighted by molar-refractivity contribution is 6.11. The van der Waals surface area contributed by atoms with Gasteiger partial charge in [-0.1, -0.05) is 188 Å². The molecule has 0 aliphatic rings. The Morgan fingerprint density at radius 2 is 0.817 bits per heavy atom. The first-order valence-corrected chi connectivity index (χ1v) is 20.6. The van der Waals surface area contributed by atoms with Crippen LogP contribution in [0.15, 0.2) is 243 Å². The van der Waals surface area contributed by atoms with Crippen molar-refractivity contribution >= 4 is 49.6 Å². The van der Waals surface area contributed by atoms with E-state index in [2.05, 4.69) is 252 Å². The first-order chi connectivity index (χ1) is 29.8. The molecule has 0 spiro atoms. The van der Waals surface area contributed by atoms with Gasteiger partial charge in [0.15, 0.2) is 0 Å². The van der Waals surface area contributed by atoms with Crippen molar-refractivity contribution in [2.24, 2.45) is 0 Å². The smallest absolute Gasteiger partial charge is 0.0562 e. The number of anilines is 3. The zero-order valence-corrected chi connectivity index (χ0v) is 33.0. The van der Waals surface area contributed by atoms with Gasteiger partial charge in [-0.15, -0.1) is 0 Å². The molecule has 0 aliphatic heterocycles. The van der Waals surface area contributed by atoms with E-state index in [0.717, 1.165) is 39.4 Å². The third-order valence-electron chi connectivity index (χ3n) is 11.8. The van der Waals surface area contributed by atoms with E-state index in [0.29, 0.717) is 0 Å². The van der Waals surface area contributed by atoms with Crippen molar-refractivity contribution in [3.05, 3.63) is 243 Å². The molecule has 0 saturated heterocycles. The maximum absolute atomic E-state index is 2.48. The molecule has 1 aromatic heterocycles. The highest BCUT2D eigenvalue weighted by atomic mass is 15.1. The largest absolute Gasteiger partial charge is 0.310 e. The number of para-hydroxylation sites is 2. The molecule has 60 heavy (non-hydrogen) atoms. The fourth-order valence-corrected chi connectivity index (χ4v) is 8.89. The maximum Gasteiger partial charge on any atom is 0.0562 e.